The van der Waals surface area contributed by atoms with Gasteiger partial charge in [0.2, 0.25) is 5.88 Å². The van der Waals surface area contributed by atoms with E-state index in [1.54, 1.807) is 24.3 Å². The molecule has 2 heterocycles. The Balaban J connectivity index is 1.56. The van der Waals surface area contributed by atoms with Crippen LogP contribution in [0.15, 0.2) is 60.2 Å². The zero-order chi connectivity index (χ0) is 19.5. The van der Waals surface area contributed by atoms with Crippen LogP contribution in [-0.4, -0.2) is 22.5 Å². The summed E-state index contributed by atoms with van der Waals surface area (Å²) in [6.45, 7) is 1.88. The van der Waals surface area contributed by atoms with E-state index in [-0.39, 0.29) is 12.5 Å². The molecule has 5 nitrogen and oxygen atoms in total. The summed E-state index contributed by atoms with van der Waals surface area (Å²) in [5.41, 5.74) is 3.85. The number of amides is 1. The highest BCUT2D eigenvalue weighted by Crippen LogP contribution is 2.37. The molecular weight excluding hydrogens is 394 g/mol. The molecule has 1 amide bonds. The maximum atomic E-state index is 12.2. The van der Waals surface area contributed by atoms with Crippen molar-refractivity contribution in [1.29, 1.82) is 0 Å². The highest BCUT2D eigenvalue weighted by molar-refractivity contribution is 7.17. The molecule has 2 aromatic heterocycles. The largest absolute Gasteiger partial charge is 0.467 e. The van der Waals surface area contributed by atoms with Crippen molar-refractivity contribution in [3.05, 3.63) is 70.8 Å². The monoisotopic (exact) mass is 409 g/mol. The van der Waals surface area contributed by atoms with Gasteiger partial charge in [-0.1, -0.05) is 47.5 Å². The van der Waals surface area contributed by atoms with Gasteiger partial charge in [0, 0.05) is 21.7 Å². The van der Waals surface area contributed by atoms with Crippen molar-refractivity contribution < 1.29 is 9.53 Å². The molecule has 0 radical (unpaired) electrons. The number of aryl methyl sites for hydroxylation is 1. The first kappa shape index (κ1) is 18.4. The van der Waals surface area contributed by atoms with Gasteiger partial charge in [0.1, 0.15) is 11.2 Å². The predicted molar refractivity (Wildman–Crippen MR) is 113 cm³/mol. The fourth-order valence-corrected chi connectivity index (χ4v) is 3.90. The number of hydrogen-bond acceptors (Lipinski definition) is 5. The summed E-state index contributed by atoms with van der Waals surface area (Å²) >= 11 is 7.46. The van der Waals surface area contributed by atoms with Gasteiger partial charge in [-0.25, -0.2) is 9.97 Å². The van der Waals surface area contributed by atoms with Crippen molar-refractivity contribution >= 4 is 44.7 Å². The van der Waals surface area contributed by atoms with Gasteiger partial charge in [0.25, 0.3) is 5.91 Å². The Morgan fingerprint density at radius 3 is 2.79 bits per heavy atom. The normalized spacial score (nSPS) is 10.8. The lowest BCUT2D eigenvalue weighted by molar-refractivity contribution is -0.118. The number of nitrogens with one attached hydrogen (secondary N) is 1. The SMILES string of the molecule is Cc1ccc(-c2csc3ncnc(OCC(=O)Nc4cccc(Cl)c4)c23)cc1. The molecule has 0 saturated heterocycles. The van der Waals surface area contributed by atoms with E-state index >= 15 is 0 Å². The fourth-order valence-electron chi connectivity index (χ4n) is 2.80. The summed E-state index contributed by atoms with van der Waals surface area (Å²) in [5.74, 6) is 0.101. The Kier molecular flexibility index (Phi) is 5.23. The molecule has 0 spiro atoms. The highest BCUT2D eigenvalue weighted by atomic mass is 35.5. The second kappa shape index (κ2) is 7.96. The molecule has 0 aliphatic rings. The van der Waals surface area contributed by atoms with Crippen LogP contribution in [0.4, 0.5) is 5.69 Å². The number of carbonyl (C=O) groups excluding carboxylic acids is 1. The van der Waals surface area contributed by atoms with Gasteiger partial charge in [-0.05, 0) is 30.7 Å². The van der Waals surface area contributed by atoms with E-state index in [1.807, 2.05) is 12.3 Å². The summed E-state index contributed by atoms with van der Waals surface area (Å²) in [5, 5.41) is 6.15. The number of aromatic nitrogens is 2. The number of fused-ring (bicyclic) bond motifs is 1. The van der Waals surface area contributed by atoms with Crippen LogP contribution in [0, 0.1) is 6.92 Å². The smallest absolute Gasteiger partial charge is 0.262 e. The molecule has 7 heteroatoms. The Labute approximate surface area is 171 Å². The predicted octanol–water partition coefficient (Wildman–Crippen LogP) is 5.34. The number of ether oxygens (including phenoxy) is 1. The summed E-state index contributed by atoms with van der Waals surface area (Å²) in [7, 11) is 0. The zero-order valence-electron chi connectivity index (χ0n) is 15.0. The zero-order valence-corrected chi connectivity index (χ0v) is 16.6. The summed E-state index contributed by atoms with van der Waals surface area (Å²) in [6.07, 6.45) is 1.45. The van der Waals surface area contributed by atoms with Gasteiger partial charge in [0.05, 0.1) is 5.39 Å². The van der Waals surface area contributed by atoms with E-state index in [0.717, 1.165) is 21.3 Å². The summed E-state index contributed by atoms with van der Waals surface area (Å²) in [6, 6.07) is 15.2. The fraction of sp³-hybridized carbons (Fsp3) is 0.0952. The molecule has 2 aromatic carbocycles. The molecule has 0 aliphatic heterocycles. The van der Waals surface area contributed by atoms with Gasteiger partial charge in [-0.2, -0.15) is 0 Å². The van der Waals surface area contributed by atoms with Crippen molar-refractivity contribution in [3.63, 3.8) is 0 Å². The number of anilines is 1. The summed E-state index contributed by atoms with van der Waals surface area (Å²) in [4.78, 5) is 21.6. The van der Waals surface area contributed by atoms with Crippen LogP contribution in [-0.2, 0) is 4.79 Å². The quantitative estimate of drug-likeness (QED) is 0.483. The first-order valence-corrected chi connectivity index (χ1v) is 9.83. The molecule has 0 fully saturated rings. The molecule has 0 unspecified atom stereocenters. The second-order valence-electron chi connectivity index (χ2n) is 6.22. The molecule has 0 atom stereocenters. The van der Waals surface area contributed by atoms with E-state index < -0.39 is 0 Å². The van der Waals surface area contributed by atoms with Crippen LogP contribution >= 0.6 is 22.9 Å². The van der Waals surface area contributed by atoms with Crippen molar-refractivity contribution in [2.75, 3.05) is 11.9 Å². The number of hydrogen-bond donors (Lipinski definition) is 1. The van der Waals surface area contributed by atoms with E-state index in [2.05, 4.69) is 39.6 Å². The lowest BCUT2D eigenvalue weighted by Crippen LogP contribution is -2.20. The molecule has 4 rings (SSSR count). The van der Waals surface area contributed by atoms with Crippen LogP contribution in [0.25, 0.3) is 21.3 Å². The molecule has 0 saturated carbocycles. The van der Waals surface area contributed by atoms with E-state index in [0.29, 0.717) is 16.6 Å². The summed E-state index contributed by atoms with van der Waals surface area (Å²) < 4.78 is 5.74. The van der Waals surface area contributed by atoms with Gasteiger partial charge in [-0.15, -0.1) is 11.3 Å². The second-order valence-corrected chi connectivity index (χ2v) is 7.52. The minimum Gasteiger partial charge on any atom is -0.467 e. The van der Waals surface area contributed by atoms with E-state index in [9.17, 15) is 4.79 Å². The third kappa shape index (κ3) is 3.98. The number of rotatable bonds is 5. The minimum absolute atomic E-state index is 0.165. The maximum absolute atomic E-state index is 12.2. The molecule has 140 valence electrons. The maximum Gasteiger partial charge on any atom is 0.262 e. The molecule has 28 heavy (non-hydrogen) atoms. The standard InChI is InChI=1S/C21H16ClN3O2S/c1-13-5-7-14(8-6-13)17-11-28-21-19(17)20(23-12-24-21)27-10-18(26)25-16-4-2-3-15(22)9-16/h2-9,11-12H,10H2,1H3,(H,25,26). The lowest BCUT2D eigenvalue weighted by atomic mass is 10.0. The van der Waals surface area contributed by atoms with Gasteiger partial charge >= 0.3 is 0 Å². The van der Waals surface area contributed by atoms with Crippen LogP contribution in [0.1, 0.15) is 5.56 Å². The average molecular weight is 410 g/mol. The molecule has 1 N–H and O–H groups in total. The average Bonchev–Trinajstić information content (AvgIpc) is 3.12. The Morgan fingerprint density at radius 2 is 2.00 bits per heavy atom. The lowest BCUT2D eigenvalue weighted by Gasteiger charge is -2.09. The van der Waals surface area contributed by atoms with Crippen LogP contribution in [0.3, 0.4) is 0 Å². The topological polar surface area (TPSA) is 64.1 Å². The van der Waals surface area contributed by atoms with Crippen molar-refractivity contribution in [3.8, 4) is 17.0 Å². The van der Waals surface area contributed by atoms with Crippen molar-refractivity contribution in [2.24, 2.45) is 0 Å². The third-order valence-corrected chi connectivity index (χ3v) is 5.27. The number of thiophene rings is 1. The molecule has 0 bridgehead atoms. The Morgan fingerprint density at radius 1 is 1.18 bits per heavy atom. The molecule has 4 aromatic rings. The van der Waals surface area contributed by atoms with E-state index in [1.165, 1.54) is 23.2 Å². The minimum atomic E-state index is -0.291. The Bertz CT molecular complexity index is 1140. The third-order valence-electron chi connectivity index (χ3n) is 4.15. The first-order valence-electron chi connectivity index (χ1n) is 8.57. The van der Waals surface area contributed by atoms with Gasteiger partial charge in [0.15, 0.2) is 6.61 Å². The number of carbonyl (C=O) groups is 1. The van der Waals surface area contributed by atoms with Crippen LogP contribution in [0.2, 0.25) is 5.02 Å². The number of benzene rings is 2. The van der Waals surface area contributed by atoms with Crippen LogP contribution in [0.5, 0.6) is 5.88 Å². The number of nitrogens with zero attached hydrogens (tertiary/aromatic N) is 2. The molecule has 0 aliphatic carbocycles. The van der Waals surface area contributed by atoms with Crippen molar-refractivity contribution in [1.82, 2.24) is 9.97 Å². The number of halogens is 1. The molecular formula is C21H16ClN3O2S. The van der Waals surface area contributed by atoms with Crippen molar-refractivity contribution in [2.45, 2.75) is 6.92 Å². The van der Waals surface area contributed by atoms with Gasteiger partial charge in [-0.3, -0.25) is 4.79 Å². The highest BCUT2D eigenvalue weighted by Gasteiger charge is 2.15. The Hall–Kier alpha value is -2.96. The van der Waals surface area contributed by atoms with Gasteiger partial charge < -0.3 is 10.1 Å². The van der Waals surface area contributed by atoms with E-state index in [4.69, 9.17) is 16.3 Å². The van der Waals surface area contributed by atoms with Crippen LogP contribution < -0.4 is 10.1 Å². The first-order chi connectivity index (χ1) is 13.6.